The molecule has 1 aromatic rings. The van der Waals surface area contributed by atoms with Gasteiger partial charge in [0.2, 0.25) is 0 Å². The van der Waals surface area contributed by atoms with Crippen molar-refractivity contribution in [1.82, 2.24) is 5.48 Å². The molecule has 0 bridgehead atoms. The summed E-state index contributed by atoms with van der Waals surface area (Å²) in [7, 11) is 1.00. The molecule has 0 amide bonds. The number of amidine groups is 1. The van der Waals surface area contributed by atoms with Gasteiger partial charge in [0.25, 0.3) is 0 Å². The first-order chi connectivity index (χ1) is 8.70. The predicted octanol–water partition coefficient (Wildman–Crippen LogP) is -0.0470. The molecule has 2 rings (SSSR count). The van der Waals surface area contributed by atoms with Crippen LogP contribution < -0.4 is 11.4 Å². The van der Waals surface area contributed by atoms with Gasteiger partial charge < -0.3 is 9.94 Å². The van der Waals surface area contributed by atoms with E-state index in [2.05, 4.69) is 15.3 Å². The highest BCUT2D eigenvalue weighted by Gasteiger charge is 2.16. The Morgan fingerprint density at radius 3 is 2.83 bits per heavy atom. The third kappa shape index (κ3) is 3.27. The Labute approximate surface area is 104 Å². The number of carbonyl (C=O) groups is 1. The molecular formula is C11H15N3O4. The number of benzene rings is 1. The molecule has 98 valence electrons. The molecule has 1 aromatic carbocycles. The van der Waals surface area contributed by atoms with Gasteiger partial charge in [0.1, 0.15) is 0 Å². The molecule has 7 nitrogen and oxygen atoms in total. The number of carbonyl (C=O) groups excluding carboxylic acids is 1. The van der Waals surface area contributed by atoms with Gasteiger partial charge in [-0.2, -0.15) is 5.90 Å². The lowest BCUT2D eigenvalue weighted by atomic mass is 10.1. The molecule has 0 aromatic heterocycles. The molecule has 0 fully saturated rings. The number of nitrogens with one attached hydrogen (secondary N) is 1. The van der Waals surface area contributed by atoms with Crippen molar-refractivity contribution in [2.75, 3.05) is 7.11 Å². The standard InChI is InChI=1S/C10H11N3O3.CH4O/c1-6-12-9(13-16-6)7-3-2-4-8(5-7)10(14)15-11;1-2/h2-6H,11H2,1H3,(H,12,13);2H,1H3. The van der Waals surface area contributed by atoms with Crippen LogP contribution in [0.4, 0.5) is 0 Å². The molecule has 18 heavy (non-hydrogen) atoms. The maximum atomic E-state index is 11.2. The molecule has 1 aliphatic heterocycles. The van der Waals surface area contributed by atoms with Crippen molar-refractivity contribution >= 4 is 11.8 Å². The molecule has 0 saturated heterocycles. The van der Waals surface area contributed by atoms with E-state index < -0.39 is 5.97 Å². The Hall–Kier alpha value is -1.96. The number of hydrogen-bond acceptors (Lipinski definition) is 7. The van der Waals surface area contributed by atoms with E-state index in [4.69, 9.17) is 15.8 Å². The van der Waals surface area contributed by atoms with Crippen LogP contribution in [0.1, 0.15) is 22.8 Å². The minimum absolute atomic E-state index is 0.236. The maximum Gasteiger partial charge on any atom is 0.356 e. The molecule has 0 saturated carbocycles. The van der Waals surface area contributed by atoms with Crippen LogP contribution in [-0.2, 0) is 9.68 Å². The molecular weight excluding hydrogens is 238 g/mol. The van der Waals surface area contributed by atoms with E-state index in [1.807, 2.05) is 0 Å². The number of hydrogen-bond donors (Lipinski definition) is 3. The fraction of sp³-hybridized carbons (Fsp3) is 0.273. The van der Waals surface area contributed by atoms with E-state index in [-0.39, 0.29) is 6.23 Å². The van der Waals surface area contributed by atoms with Gasteiger partial charge in [0, 0.05) is 12.7 Å². The summed E-state index contributed by atoms with van der Waals surface area (Å²) < 4.78 is 0. The topological polar surface area (TPSA) is 106 Å². The second-order valence-electron chi connectivity index (χ2n) is 3.28. The second kappa shape index (κ2) is 6.70. The highest BCUT2D eigenvalue weighted by Crippen LogP contribution is 2.10. The van der Waals surface area contributed by atoms with Crippen molar-refractivity contribution in [3.63, 3.8) is 0 Å². The van der Waals surface area contributed by atoms with Crippen LogP contribution in [0.25, 0.3) is 0 Å². The summed E-state index contributed by atoms with van der Waals surface area (Å²) >= 11 is 0. The highest BCUT2D eigenvalue weighted by molar-refractivity contribution is 6.01. The number of aliphatic hydroxyl groups is 1. The summed E-state index contributed by atoms with van der Waals surface area (Å²) in [6.45, 7) is 1.80. The lowest BCUT2D eigenvalue weighted by molar-refractivity contribution is 0.0497. The average molecular weight is 253 g/mol. The van der Waals surface area contributed by atoms with Crippen molar-refractivity contribution in [2.24, 2.45) is 10.9 Å². The first-order valence-electron chi connectivity index (χ1n) is 5.16. The summed E-state index contributed by atoms with van der Waals surface area (Å²) in [4.78, 5) is 24.6. The summed E-state index contributed by atoms with van der Waals surface area (Å²) in [5, 5.41) is 7.00. The zero-order chi connectivity index (χ0) is 13.5. The quantitative estimate of drug-likeness (QED) is 0.638. The van der Waals surface area contributed by atoms with Crippen LogP contribution in [0.3, 0.4) is 0 Å². The van der Waals surface area contributed by atoms with E-state index in [1.165, 1.54) is 0 Å². The molecule has 1 unspecified atom stereocenters. The van der Waals surface area contributed by atoms with Crippen LogP contribution in [0.2, 0.25) is 0 Å². The van der Waals surface area contributed by atoms with E-state index in [1.54, 1.807) is 31.2 Å². The van der Waals surface area contributed by atoms with Crippen molar-refractivity contribution in [2.45, 2.75) is 13.2 Å². The first-order valence-corrected chi connectivity index (χ1v) is 5.16. The van der Waals surface area contributed by atoms with Gasteiger partial charge in [0.05, 0.1) is 5.56 Å². The minimum Gasteiger partial charge on any atom is -0.400 e. The Bertz CT molecular complexity index is 448. The fourth-order valence-electron chi connectivity index (χ4n) is 1.37. The summed E-state index contributed by atoms with van der Waals surface area (Å²) in [6.07, 6.45) is -0.236. The number of nitrogens with zero attached hydrogens (tertiary/aromatic N) is 1. The number of aliphatic imine (C=N–C) groups is 1. The Morgan fingerprint density at radius 2 is 2.28 bits per heavy atom. The lowest BCUT2D eigenvalue weighted by Gasteiger charge is -2.03. The zero-order valence-electron chi connectivity index (χ0n) is 10.1. The monoisotopic (exact) mass is 253 g/mol. The van der Waals surface area contributed by atoms with Gasteiger partial charge >= 0.3 is 5.97 Å². The summed E-state index contributed by atoms with van der Waals surface area (Å²) in [5.41, 5.74) is 3.78. The Kier molecular flexibility index (Phi) is 5.25. The molecule has 7 heteroatoms. The van der Waals surface area contributed by atoms with E-state index >= 15 is 0 Å². The Morgan fingerprint density at radius 1 is 1.56 bits per heavy atom. The van der Waals surface area contributed by atoms with E-state index in [0.29, 0.717) is 11.4 Å². The number of rotatable bonds is 2. The molecule has 0 radical (unpaired) electrons. The van der Waals surface area contributed by atoms with Crippen molar-refractivity contribution in [3.8, 4) is 0 Å². The molecule has 0 spiro atoms. The first kappa shape index (κ1) is 14.1. The van der Waals surface area contributed by atoms with E-state index in [9.17, 15) is 4.79 Å². The zero-order valence-corrected chi connectivity index (χ0v) is 10.1. The van der Waals surface area contributed by atoms with Crippen molar-refractivity contribution < 1.29 is 19.6 Å². The molecule has 0 aliphatic carbocycles. The van der Waals surface area contributed by atoms with Crippen LogP contribution in [0, 0.1) is 0 Å². The molecule has 4 N–H and O–H groups in total. The van der Waals surface area contributed by atoms with Crippen LogP contribution in [0.15, 0.2) is 29.3 Å². The minimum atomic E-state index is -0.589. The largest absolute Gasteiger partial charge is 0.400 e. The second-order valence-corrected chi connectivity index (χ2v) is 3.28. The van der Waals surface area contributed by atoms with Crippen molar-refractivity contribution in [3.05, 3.63) is 35.4 Å². The third-order valence-corrected chi connectivity index (χ3v) is 2.12. The molecule has 1 heterocycles. The van der Waals surface area contributed by atoms with Crippen LogP contribution in [0.5, 0.6) is 0 Å². The van der Waals surface area contributed by atoms with Crippen molar-refractivity contribution in [1.29, 1.82) is 0 Å². The van der Waals surface area contributed by atoms with E-state index in [0.717, 1.165) is 12.7 Å². The predicted molar refractivity (Wildman–Crippen MR) is 64.4 cm³/mol. The number of hydroxylamine groups is 1. The Balaban J connectivity index is 0.000000771. The van der Waals surface area contributed by atoms with Gasteiger partial charge in [-0.15, -0.1) is 0 Å². The smallest absolute Gasteiger partial charge is 0.356 e. The highest BCUT2D eigenvalue weighted by atomic mass is 16.7. The average Bonchev–Trinajstić information content (AvgIpc) is 2.87. The summed E-state index contributed by atoms with van der Waals surface area (Å²) in [5.74, 6) is 4.80. The normalized spacial score (nSPS) is 17.1. The third-order valence-electron chi connectivity index (χ3n) is 2.12. The molecule has 1 aliphatic rings. The molecule has 1 atom stereocenters. The van der Waals surface area contributed by atoms with Gasteiger partial charge in [-0.25, -0.2) is 20.1 Å². The lowest BCUT2D eigenvalue weighted by Crippen LogP contribution is -2.19. The summed E-state index contributed by atoms with van der Waals surface area (Å²) in [6, 6.07) is 6.76. The van der Waals surface area contributed by atoms with Gasteiger partial charge in [-0.3, -0.25) is 0 Å². The van der Waals surface area contributed by atoms with Gasteiger partial charge in [-0.05, 0) is 19.1 Å². The van der Waals surface area contributed by atoms with Crippen LogP contribution in [-0.4, -0.2) is 30.2 Å². The van der Waals surface area contributed by atoms with Gasteiger partial charge in [0.15, 0.2) is 12.1 Å². The van der Waals surface area contributed by atoms with Crippen LogP contribution >= 0.6 is 0 Å². The number of aliphatic hydroxyl groups excluding tert-OH is 1. The maximum absolute atomic E-state index is 11.2. The van der Waals surface area contributed by atoms with Gasteiger partial charge in [-0.1, -0.05) is 12.1 Å². The SMILES string of the molecule is CC1N=C(c2cccc(C(=O)ON)c2)NO1.CO. The number of nitrogens with two attached hydrogens (primary N) is 1. The fourth-order valence-corrected chi connectivity index (χ4v) is 1.37.